The Hall–Kier alpha value is -1.96. The van der Waals surface area contributed by atoms with Gasteiger partial charge in [-0.25, -0.2) is 4.98 Å². The van der Waals surface area contributed by atoms with E-state index in [4.69, 9.17) is 0 Å². The minimum absolute atomic E-state index is 0.710. The highest BCUT2D eigenvalue weighted by molar-refractivity contribution is 7.11. The Bertz CT molecular complexity index is 719. The lowest BCUT2D eigenvalue weighted by Crippen LogP contribution is -2.37. The fraction of sp³-hybridized carbons (Fsp3) is 0.667. The Morgan fingerprint density at radius 2 is 2.19 bits per heavy atom. The highest BCUT2D eigenvalue weighted by atomic mass is 32.1. The van der Waals surface area contributed by atoms with Crippen molar-refractivity contribution in [3.63, 3.8) is 0 Å². The van der Waals surface area contributed by atoms with Gasteiger partial charge in [0.1, 0.15) is 16.7 Å². The van der Waals surface area contributed by atoms with Gasteiger partial charge in [0.15, 0.2) is 5.96 Å². The van der Waals surface area contributed by atoms with Crippen LogP contribution in [-0.4, -0.2) is 39.3 Å². The molecule has 0 atom stereocenters. The van der Waals surface area contributed by atoms with Crippen molar-refractivity contribution in [1.82, 2.24) is 30.4 Å². The van der Waals surface area contributed by atoms with E-state index < -0.39 is 0 Å². The van der Waals surface area contributed by atoms with Crippen LogP contribution in [0.1, 0.15) is 54.1 Å². The summed E-state index contributed by atoms with van der Waals surface area (Å²) in [7, 11) is 1.80. The maximum absolute atomic E-state index is 4.43. The molecule has 0 aliphatic carbocycles. The summed E-state index contributed by atoms with van der Waals surface area (Å²) in [4.78, 5) is 10.0. The van der Waals surface area contributed by atoms with Gasteiger partial charge in [-0.15, -0.1) is 21.5 Å². The van der Waals surface area contributed by atoms with Crippen LogP contribution in [0.25, 0.3) is 0 Å². The molecule has 0 fully saturated rings. The second-order valence-corrected chi connectivity index (χ2v) is 7.72. The summed E-state index contributed by atoms with van der Waals surface area (Å²) < 4.78 is 2.33. The van der Waals surface area contributed by atoms with E-state index >= 15 is 0 Å². The molecule has 0 unspecified atom stereocenters. The number of nitrogens with zero attached hydrogens (tertiary/aromatic N) is 5. The zero-order valence-corrected chi connectivity index (χ0v) is 16.6. The monoisotopic (exact) mass is 375 g/mol. The molecule has 0 amide bonds. The second kappa shape index (κ2) is 9.66. The second-order valence-electron chi connectivity index (χ2n) is 6.52. The van der Waals surface area contributed by atoms with Crippen LogP contribution in [0.4, 0.5) is 0 Å². The maximum atomic E-state index is 4.43. The van der Waals surface area contributed by atoms with Crippen LogP contribution in [-0.2, 0) is 32.4 Å². The number of aryl methyl sites for hydroxylation is 3. The molecule has 2 aromatic heterocycles. The van der Waals surface area contributed by atoms with Gasteiger partial charge < -0.3 is 15.2 Å². The number of aliphatic imine (C=N–C) groups is 1. The quantitative estimate of drug-likeness (QED) is 0.441. The summed E-state index contributed by atoms with van der Waals surface area (Å²) >= 11 is 1.75. The van der Waals surface area contributed by atoms with Crippen LogP contribution in [0.15, 0.2) is 11.2 Å². The molecule has 2 N–H and O–H groups in total. The van der Waals surface area contributed by atoms with Crippen molar-refractivity contribution in [3.05, 3.63) is 27.7 Å². The molecule has 0 saturated heterocycles. The van der Waals surface area contributed by atoms with Crippen LogP contribution >= 0.6 is 11.3 Å². The highest BCUT2D eigenvalue weighted by Crippen LogP contribution is 2.15. The first-order valence-corrected chi connectivity index (χ1v) is 10.4. The van der Waals surface area contributed by atoms with Gasteiger partial charge in [0.25, 0.3) is 0 Å². The lowest BCUT2D eigenvalue weighted by molar-refractivity contribution is 0.594. The topological polar surface area (TPSA) is 80.0 Å². The summed E-state index contributed by atoms with van der Waals surface area (Å²) in [5, 5.41) is 16.6. The third-order valence-corrected chi connectivity index (χ3v) is 5.78. The van der Waals surface area contributed by atoms with Gasteiger partial charge in [0.05, 0.1) is 6.54 Å². The van der Waals surface area contributed by atoms with E-state index in [2.05, 4.69) is 42.3 Å². The van der Waals surface area contributed by atoms with E-state index in [-0.39, 0.29) is 0 Å². The van der Waals surface area contributed by atoms with E-state index in [1.54, 1.807) is 18.4 Å². The molecule has 0 aromatic carbocycles. The van der Waals surface area contributed by atoms with Crippen molar-refractivity contribution in [2.24, 2.45) is 4.99 Å². The Morgan fingerprint density at radius 3 is 3.00 bits per heavy atom. The van der Waals surface area contributed by atoms with Gasteiger partial charge in [-0.3, -0.25) is 4.99 Å². The Morgan fingerprint density at radius 1 is 1.27 bits per heavy atom. The van der Waals surface area contributed by atoms with Crippen molar-refractivity contribution in [3.8, 4) is 0 Å². The highest BCUT2D eigenvalue weighted by Gasteiger charge is 2.14. The molecule has 0 saturated carbocycles. The molecule has 8 heteroatoms. The average molecular weight is 376 g/mol. The van der Waals surface area contributed by atoms with Gasteiger partial charge in [0, 0.05) is 44.1 Å². The summed E-state index contributed by atoms with van der Waals surface area (Å²) in [5.41, 5.74) is 0. The van der Waals surface area contributed by atoms with Crippen molar-refractivity contribution < 1.29 is 0 Å². The molecule has 2 aromatic rings. The fourth-order valence-electron chi connectivity index (χ4n) is 3.16. The molecule has 3 heterocycles. The molecule has 7 nitrogen and oxygen atoms in total. The Labute approximate surface area is 159 Å². The molecule has 142 valence electrons. The number of rotatable bonds is 7. The van der Waals surface area contributed by atoms with Gasteiger partial charge in [-0.05, 0) is 25.7 Å². The normalized spacial score (nSPS) is 14.8. The number of nitrogens with one attached hydrogen (secondary N) is 2. The minimum Gasteiger partial charge on any atom is -0.356 e. The largest absolute Gasteiger partial charge is 0.356 e. The SMILES string of the molecule is CCc1cnc(CNC(=NC)NCCCc2nnc3n2CCCCC3)s1. The van der Waals surface area contributed by atoms with E-state index in [9.17, 15) is 0 Å². The molecular formula is C18H29N7S. The van der Waals surface area contributed by atoms with Crippen molar-refractivity contribution in [1.29, 1.82) is 0 Å². The number of hydrogen-bond acceptors (Lipinski definition) is 5. The molecular weight excluding hydrogens is 346 g/mol. The zero-order chi connectivity index (χ0) is 18.2. The predicted octanol–water partition coefficient (Wildman–Crippen LogP) is 2.32. The van der Waals surface area contributed by atoms with Gasteiger partial charge in [-0.2, -0.15) is 0 Å². The van der Waals surface area contributed by atoms with Crippen molar-refractivity contribution in [2.75, 3.05) is 13.6 Å². The van der Waals surface area contributed by atoms with Crippen LogP contribution in [0.3, 0.4) is 0 Å². The smallest absolute Gasteiger partial charge is 0.191 e. The Kier molecular flexibility index (Phi) is 6.99. The van der Waals surface area contributed by atoms with E-state index in [0.717, 1.165) is 61.4 Å². The van der Waals surface area contributed by atoms with E-state index in [1.165, 1.54) is 24.1 Å². The van der Waals surface area contributed by atoms with Gasteiger partial charge >= 0.3 is 0 Å². The lowest BCUT2D eigenvalue weighted by atomic mass is 10.2. The molecule has 26 heavy (non-hydrogen) atoms. The summed E-state index contributed by atoms with van der Waals surface area (Å²) in [6.07, 6.45) is 9.79. The number of fused-ring (bicyclic) bond motifs is 1. The number of hydrogen-bond donors (Lipinski definition) is 2. The first-order chi connectivity index (χ1) is 12.8. The molecule has 1 aliphatic heterocycles. The Balaban J connectivity index is 1.40. The van der Waals surface area contributed by atoms with Crippen LogP contribution < -0.4 is 10.6 Å². The van der Waals surface area contributed by atoms with Gasteiger partial charge in [-0.1, -0.05) is 13.3 Å². The molecule has 1 aliphatic rings. The third-order valence-electron chi connectivity index (χ3n) is 4.64. The average Bonchev–Trinajstić information content (AvgIpc) is 3.21. The zero-order valence-electron chi connectivity index (χ0n) is 15.8. The van der Waals surface area contributed by atoms with Crippen LogP contribution in [0, 0.1) is 0 Å². The molecule has 0 spiro atoms. The van der Waals surface area contributed by atoms with Gasteiger partial charge in [0.2, 0.25) is 0 Å². The molecule has 3 rings (SSSR count). The predicted molar refractivity (Wildman–Crippen MR) is 106 cm³/mol. The van der Waals surface area contributed by atoms with Crippen molar-refractivity contribution >= 4 is 17.3 Å². The summed E-state index contributed by atoms with van der Waals surface area (Å²) in [5.74, 6) is 3.11. The fourth-order valence-corrected chi connectivity index (χ4v) is 3.96. The van der Waals surface area contributed by atoms with E-state index in [0.29, 0.717) is 6.54 Å². The first kappa shape index (κ1) is 18.8. The molecule has 0 radical (unpaired) electrons. The van der Waals surface area contributed by atoms with Crippen LogP contribution in [0.5, 0.6) is 0 Å². The first-order valence-electron chi connectivity index (χ1n) is 9.59. The summed E-state index contributed by atoms with van der Waals surface area (Å²) in [6, 6.07) is 0. The lowest BCUT2D eigenvalue weighted by Gasteiger charge is -2.11. The number of thiazole rings is 1. The molecule has 0 bridgehead atoms. The number of aromatic nitrogens is 4. The maximum Gasteiger partial charge on any atom is 0.191 e. The number of guanidine groups is 1. The minimum atomic E-state index is 0.710. The van der Waals surface area contributed by atoms with E-state index in [1.807, 2.05) is 6.20 Å². The standard InChI is InChI=1S/C18H29N7S/c1-3-14-12-21-17(26-14)13-22-18(19-2)20-10-7-9-16-24-23-15-8-5-4-6-11-25(15)16/h12H,3-11,13H2,1-2H3,(H2,19,20,22). The summed E-state index contributed by atoms with van der Waals surface area (Å²) in [6.45, 7) is 4.79. The van der Waals surface area contributed by atoms with Crippen molar-refractivity contribution in [2.45, 2.75) is 65.0 Å². The third kappa shape index (κ3) is 5.03. The van der Waals surface area contributed by atoms with Crippen LogP contribution in [0.2, 0.25) is 0 Å².